The van der Waals surface area contributed by atoms with Crippen molar-refractivity contribution in [2.24, 2.45) is 5.73 Å². The van der Waals surface area contributed by atoms with E-state index in [1.807, 2.05) is 25.1 Å². The fourth-order valence-corrected chi connectivity index (χ4v) is 1.52. The number of hydrogen-bond acceptors (Lipinski definition) is 3. The Balaban J connectivity index is 2.26. The van der Waals surface area contributed by atoms with Gasteiger partial charge in [0.2, 0.25) is 0 Å². The van der Waals surface area contributed by atoms with Gasteiger partial charge >= 0.3 is 6.18 Å². The van der Waals surface area contributed by atoms with Crippen LogP contribution in [0.1, 0.15) is 24.9 Å². The van der Waals surface area contributed by atoms with Crippen molar-refractivity contribution in [3.05, 3.63) is 29.8 Å². The zero-order valence-electron chi connectivity index (χ0n) is 10.7. The Hall–Kier alpha value is -1.27. The molecule has 0 heterocycles. The maximum Gasteiger partial charge on any atom is 0.411 e. The Kier molecular flexibility index (Phi) is 6.11. The summed E-state index contributed by atoms with van der Waals surface area (Å²) in [6, 6.07) is 7.17. The predicted octanol–water partition coefficient (Wildman–Crippen LogP) is 3.05. The van der Waals surface area contributed by atoms with E-state index in [4.69, 9.17) is 10.5 Å². The molecule has 0 fully saturated rings. The van der Waals surface area contributed by atoms with Crippen LogP contribution in [0.3, 0.4) is 0 Å². The fraction of sp³-hybridized carbons (Fsp3) is 0.538. The maximum atomic E-state index is 11.8. The molecule has 108 valence electrons. The molecule has 0 radical (unpaired) electrons. The third kappa shape index (κ3) is 6.45. The molecule has 2 N–H and O–H groups in total. The number of benzene rings is 1. The monoisotopic (exact) mass is 277 g/mol. The number of rotatable bonds is 7. The van der Waals surface area contributed by atoms with Gasteiger partial charge in [0.05, 0.1) is 13.2 Å². The topological polar surface area (TPSA) is 44.5 Å². The number of halogens is 3. The number of ether oxygens (including phenoxy) is 2. The van der Waals surface area contributed by atoms with Gasteiger partial charge in [0.25, 0.3) is 0 Å². The van der Waals surface area contributed by atoms with Crippen LogP contribution in [0, 0.1) is 0 Å². The molecule has 0 amide bonds. The Bertz CT molecular complexity index is 380. The second-order valence-electron chi connectivity index (χ2n) is 4.20. The van der Waals surface area contributed by atoms with E-state index in [-0.39, 0.29) is 12.6 Å². The molecule has 0 saturated carbocycles. The molecule has 1 aromatic carbocycles. The van der Waals surface area contributed by atoms with Gasteiger partial charge in [0.1, 0.15) is 12.4 Å². The van der Waals surface area contributed by atoms with Crippen LogP contribution in [-0.4, -0.2) is 26.0 Å². The third-order valence-corrected chi connectivity index (χ3v) is 2.37. The summed E-state index contributed by atoms with van der Waals surface area (Å²) in [5, 5.41) is 0. The van der Waals surface area contributed by atoms with Gasteiger partial charge in [-0.3, -0.25) is 0 Å². The molecule has 0 spiro atoms. The molecule has 1 rings (SSSR count). The smallest absolute Gasteiger partial charge is 0.411 e. The summed E-state index contributed by atoms with van der Waals surface area (Å²) in [5.41, 5.74) is 6.66. The van der Waals surface area contributed by atoms with Crippen molar-refractivity contribution in [2.45, 2.75) is 25.6 Å². The van der Waals surface area contributed by atoms with Crippen molar-refractivity contribution in [1.82, 2.24) is 0 Å². The van der Waals surface area contributed by atoms with Crippen LogP contribution >= 0.6 is 0 Å². The van der Waals surface area contributed by atoms with Crippen LogP contribution in [0.5, 0.6) is 5.75 Å². The Labute approximate surface area is 110 Å². The highest BCUT2D eigenvalue weighted by Gasteiger charge is 2.27. The summed E-state index contributed by atoms with van der Waals surface area (Å²) in [4.78, 5) is 0. The van der Waals surface area contributed by atoms with Crippen LogP contribution in [0.2, 0.25) is 0 Å². The minimum absolute atomic E-state index is 0.0137. The zero-order chi connectivity index (χ0) is 14.3. The van der Waals surface area contributed by atoms with E-state index in [1.165, 1.54) is 0 Å². The second-order valence-corrected chi connectivity index (χ2v) is 4.20. The van der Waals surface area contributed by atoms with Gasteiger partial charge in [0, 0.05) is 18.0 Å². The Morgan fingerprint density at radius 1 is 1.21 bits per heavy atom. The molecule has 0 saturated heterocycles. The van der Waals surface area contributed by atoms with E-state index in [2.05, 4.69) is 4.74 Å². The number of hydrogen-bond donors (Lipinski definition) is 1. The van der Waals surface area contributed by atoms with E-state index in [1.54, 1.807) is 6.07 Å². The van der Waals surface area contributed by atoms with Crippen molar-refractivity contribution in [1.29, 1.82) is 0 Å². The highest BCUT2D eigenvalue weighted by atomic mass is 19.4. The first-order valence-electron chi connectivity index (χ1n) is 6.02. The molecule has 1 unspecified atom stereocenters. The summed E-state index contributed by atoms with van der Waals surface area (Å²) in [6.45, 7) is 0.930. The van der Waals surface area contributed by atoms with Gasteiger partial charge in [-0.05, 0) is 13.0 Å². The summed E-state index contributed by atoms with van der Waals surface area (Å²) >= 11 is 0. The average Bonchev–Trinajstić information content (AvgIpc) is 2.32. The first-order valence-corrected chi connectivity index (χ1v) is 6.02. The van der Waals surface area contributed by atoms with Crippen LogP contribution in [-0.2, 0) is 4.74 Å². The minimum Gasteiger partial charge on any atom is -0.493 e. The van der Waals surface area contributed by atoms with Gasteiger partial charge in [-0.15, -0.1) is 0 Å². The molecular weight excluding hydrogens is 259 g/mol. The number of nitrogens with two attached hydrogens (primary N) is 1. The van der Waals surface area contributed by atoms with E-state index < -0.39 is 12.8 Å². The van der Waals surface area contributed by atoms with Crippen molar-refractivity contribution >= 4 is 0 Å². The molecule has 3 nitrogen and oxygen atoms in total. The molecule has 0 bridgehead atoms. The molecule has 1 atom stereocenters. The first-order chi connectivity index (χ1) is 8.90. The normalized spacial score (nSPS) is 13.3. The highest BCUT2D eigenvalue weighted by molar-refractivity contribution is 5.35. The van der Waals surface area contributed by atoms with E-state index in [0.29, 0.717) is 18.8 Å². The molecular formula is C13H18F3NO2. The number of para-hydroxylation sites is 1. The summed E-state index contributed by atoms with van der Waals surface area (Å²) in [7, 11) is 0. The molecule has 6 heteroatoms. The van der Waals surface area contributed by atoms with Gasteiger partial charge in [-0.25, -0.2) is 0 Å². The predicted molar refractivity (Wildman–Crippen MR) is 66.0 cm³/mol. The largest absolute Gasteiger partial charge is 0.493 e. The Morgan fingerprint density at radius 2 is 1.89 bits per heavy atom. The highest BCUT2D eigenvalue weighted by Crippen LogP contribution is 2.23. The van der Waals surface area contributed by atoms with E-state index >= 15 is 0 Å². The molecule has 0 aliphatic carbocycles. The second kappa shape index (κ2) is 7.35. The standard InChI is InChI=1S/C13H18F3NO2/c1-10(17)11-5-2-3-6-12(11)19-8-4-7-18-9-13(14,15)16/h2-3,5-6,10H,4,7-9,17H2,1H3. The summed E-state index contributed by atoms with van der Waals surface area (Å²) < 4.78 is 45.4. The number of alkyl halides is 3. The van der Waals surface area contributed by atoms with Gasteiger partial charge in [-0.2, -0.15) is 13.2 Å². The van der Waals surface area contributed by atoms with Gasteiger partial charge < -0.3 is 15.2 Å². The lowest BCUT2D eigenvalue weighted by Gasteiger charge is -2.14. The summed E-state index contributed by atoms with van der Waals surface area (Å²) in [5.74, 6) is 0.660. The quantitative estimate of drug-likeness (QED) is 0.779. The lowest BCUT2D eigenvalue weighted by Crippen LogP contribution is -2.18. The molecule has 1 aromatic rings. The van der Waals surface area contributed by atoms with Crippen LogP contribution in [0.25, 0.3) is 0 Å². The van der Waals surface area contributed by atoms with E-state index in [9.17, 15) is 13.2 Å². The van der Waals surface area contributed by atoms with Gasteiger partial charge in [0.15, 0.2) is 0 Å². The minimum atomic E-state index is -4.28. The Morgan fingerprint density at radius 3 is 2.53 bits per heavy atom. The zero-order valence-corrected chi connectivity index (χ0v) is 10.7. The van der Waals surface area contributed by atoms with Crippen molar-refractivity contribution < 1.29 is 22.6 Å². The van der Waals surface area contributed by atoms with Crippen molar-refractivity contribution in [2.75, 3.05) is 19.8 Å². The molecule has 0 aliphatic rings. The maximum absolute atomic E-state index is 11.8. The summed E-state index contributed by atoms with van der Waals surface area (Å²) in [6.07, 6.45) is -3.88. The van der Waals surface area contributed by atoms with Crippen LogP contribution in [0.15, 0.2) is 24.3 Å². The van der Waals surface area contributed by atoms with Crippen LogP contribution < -0.4 is 10.5 Å². The van der Waals surface area contributed by atoms with Crippen molar-refractivity contribution in [3.63, 3.8) is 0 Å². The van der Waals surface area contributed by atoms with Gasteiger partial charge in [-0.1, -0.05) is 18.2 Å². The SMILES string of the molecule is CC(N)c1ccccc1OCCCOCC(F)(F)F. The molecule has 19 heavy (non-hydrogen) atoms. The first kappa shape index (κ1) is 15.8. The average molecular weight is 277 g/mol. The molecule has 0 aliphatic heterocycles. The lowest BCUT2D eigenvalue weighted by molar-refractivity contribution is -0.174. The molecule has 0 aromatic heterocycles. The van der Waals surface area contributed by atoms with E-state index in [0.717, 1.165) is 5.56 Å². The fourth-order valence-electron chi connectivity index (χ4n) is 1.52. The van der Waals surface area contributed by atoms with Crippen LogP contribution in [0.4, 0.5) is 13.2 Å². The third-order valence-electron chi connectivity index (χ3n) is 2.37. The van der Waals surface area contributed by atoms with Crippen molar-refractivity contribution in [3.8, 4) is 5.75 Å². The lowest BCUT2D eigenvalue weighted by atomic mass is 10.1.